The van der Waals surface area contributed by atoms with Gasteiger partial charge in [-0.1, -0.05) is 46.3 Å². The van der Waals surface area contributed by atoms with Gasteiger partial charge in [0.2, 0.25) is 0 Å². The lowest BCUT2D eigenvalue weighted by Crippen LogP contribution is -2.65. The van der Waals surface area contributed by atoms with Gasteiger partial charge in [-0.25, -0.2) is 0 Å². The smallest absolute Gasteiger partial charge is 0.303 e. The number of allylic oxidation sites excluding steroid dienone is 1. The highest BCUT2D eigenvalue weighted by Gasteiger charge is 2.75. The van der Waals surface area contributed by atoms with Crippen LogP contribution in [0.5, 0.6) is 0 Å². The fourth-order valence-corrected chi connectivity index (χ4v) is 10.3. The molecule has 0 aromatic rings. The van der Waals surface area contributed by atoms with Gasteiger partial charge in [-0.2, -0.15) is 0 Å². The van der Waals surface area contributed by atoms with E-state index in [4.69, 9.17) is 4.74 Å². The Labute approximate surface area is 250 Å². The second-order valence-corrected chi connectivity index (χ2v) is 16.0. The largest absolute Gasteiger partial charge is 0.456 e. The molecule has 4 aliphatic carbocycles. The van der Waals surface area contributed by atoms with Gasteiger partial charge >= 0.3 is 5.97 Å². The molecule has 0 spiro atoms. The highest BCUT2D eigenvalue weighted by molar-refractivity contribution is 14.1. The van der Waals surface area contributed by atoms with E-state index >= 15 is 0 Å². The third-order valence-electron chi connectivity index (χ3n) is 11.2. The second-order valence-electron chi connectivity index (χ2n) is 14.3. The summed E-state index contributed by atoms with van der Waals surface area (Å²) in [6.45, 7) is 14.1. The molecule has 0 aromatic carbocycles. The van der Waals surface area contributed by atoms with Gasteiger partial charge in [0.05, 0.1) is 6.10 Å². The molecule has 3 fully saturated rings. The average Bonchev–Trinajstić information content (AvgIpc) is 3.01. The number of Topliss-reactive ketones (excluding diaryl/α,β-unsaturated/α-hetero) is 2. The van der Waals surface area contributed by atoms with Crippen LogP contribution in [0.25, 0.3) is 0 Å². The summed E-state index contributed by atoms with van der Waals surface area (Å²) in [5.41, 5.74) is -3.36. The summed E-state index contributed by atoms with van der Waals surface area (Å²) in [5, 5.41) is 33.9. The van der Waals surface area contributed by atoms with Crippen molar-refractivity contribution < 1.29 is 39.2 Å². The second kappa shape index (κ2) is 9.54. The van der Waals surface area contributed by atoms with Crippen molar-refractivity contribution in [3.8, 4) is 0 Å². The van der Waals surface area contributed by atoms with Crippen molar-refractivity contribution in [1.82, 2.24) is 0 Å². The molecule has 0 aromatic heterocycles. The van der Waals surface area contributed by atoms with E-state index in [2.05, 4.69) is 6.08 Å². The summed E-state index contributed by atoms with van der Waals surface area (Å²) in [6, 6.07) is 0. The normalized spacial score (nSPS) is 42.4. The highest BCUT2D eigenvalue weighted by Crippen LogP contribution is 2.74. The number of carbonyl (C=O) groups excluding carboxylic acids is 4. The Morgan fingerprint density at radius 1 is 1.10 bits per heavy atom. The maximum Gasteiger partial charge on any atom is 0.303 e. The number of rotatable bonds is 5. The average molecular weight is 671 g/mol. The minimum Gasteiger partial charge on any atom is -0.456 e. The number of aliphatic hydroxyl groups excluding tert-OH is 2. The lowest BCUT2D eigenvalue weighted by Gasteiger charge is -2.64. The minimum atomic E-state index is -2.02. The number of alkyl halides is 1. The van der Waals surface area contributed by atoms with Crippen LogP contribution in [0.3, 0.4) is 0 Å². The van der Waals surface area contributed by atoms with Crippen molar-refractivity contribution in [2.45, 2.75) is 102 Å². The summed E-state index contributed by atoms with van der Waals surface area (Å²) in [6.07, 6.45) is 3.47. The lowest BCUT2D eigenvalue weighted by atomic mass is 9.38. The molecule has 0 heterocycles. The van der Waals surface area contributed by atoms with E-state index in [0.29, 0.717) is 12.8 Å². The first kappa shape index (κ1) is 31.5. The summed E-state index contributed by atoms with van der Waals surface area (Å²) in [5.74, 6) is -2.99. The van der Waals surface area contributed by atoms with Gasteiger partial charge in [0.25, 0.3) is 0 Å². The van der Waals surface area contributed by atoms with Crippen LogP contribution in [0.1, 0.15) is 81.1 Å². The number of hydrogen-bond donors (Lipinski definition) is 3. The number of fused-ring (bicyclic) bond motifs is 5. The Hall–Kier alpha value is -1.43. The number of aliphatic hydroxyl groups is 3. The number of ether oxygens (including phenoxy) is 1. The van der Waals surface area contributed by atoms with E-state index in [1.54, 1.807) is 36.4 Å². The number of carbonyl (C=O) groups is 4. The zero-order valence-corrected chi connectivity index (χ0v) is 26.9. The number of halogens is 1. The molecule has 9 heteroatoms. The molecule has 3 saturated carbocycles. The van der Waals surface area contributed by atoms with E-state index in [1.165, 1.54) is 19.1 Å². The van der Waals surface area contributed by atoms with E-state index in [9.17, 15) is 34.5 Å². The van der Waals surface area contributed by atoms with Gasteiger partial charge in [0.15, 0.2) is 15.2 Å². The molecule has 222 valence electrons. The van der Waals surface area contributed by atoms with Crippen LogP contribution in [-0.4, -0.2) is 60.1 Å². The Balaban J connectivity index is 1.75. The molecule has 9 atom stereocenters. The van der Waals surface area contributed by atoms with Crippen LogP contribution < -0.4 is 0 Å². The number of ketones is 3. The highest BCUT2D eigenvalue weighted by atomic mass is 127. The molecule has 0 saturated heterocycles. The summed E-state index contributed by atoms with van der Waals surface area (Å²) in [7, 11) is 0. The van der Waals surface area contributed by atoms with Crippen molar-refractivity contribution in [1.29, 1.82) is 0 Å². The van der Waals surface area contributed by atoms with Crippen LogP contribution >= 0.6 is 22.6 Å². The van der Waals surface area contributed by atoms with Gasteiger partial charge in [0.1, 0.15) is 17.5 Å². The molecule has 0 bridgehead atoms. The summed E-state index contributed by atoms with van der Waals surface area (Å²) in [4.78, 5) is 52.1. The summed E-state index contributed by atoms with van der Waals surface area (Å²) < 4.78 is 3.20. The maximum atomic E-state index is 14.3. The predicted molar refractivity (Wildman–Crippen MR) is 156 cm³/mol. The first-order valence-electron chi connectivity index (χ1n) is 14.0. The molecule has 8 nitrogen and oxygen atoms in total. The Morgan fingerprint density at radius 3 is 2.27 bits per heavy atom. The standard InChI is InChI=1S/C31H43IO8/c1-16(33)40-26(2,3)12-11-22(36)31(32,39)24-20(35)14-28(6)21-10-9-17-18(13-19(34)25(38)27(17,4)5)30(21,8)23(37)15-29(24,28)7/h9,11-12,18,20-21,24-25,35,38-39H,10,13-15H2,1-8H3/b12-11+/t18-,20-,21+,24+,25+,28+,29-,30+,31+/m1/s1. The quantitative estimate of drug-likeness (QED) is 0.132. The van der Waals surface area contributed by atoms with Crippen LogP contribution in [0.15, 0.2) is 23.8 Å². The SMILES string of the molecule is CC(=O)OC(C)(C)/C=C/C(=O)[C@@](O)(I)[C@H]1[C@H](O)C[C@@]2(C)[C@@H]3CC=C4[C@@H](CC(=O)[C@H](O)C4(C)C)[C@]3(C)C(=O)C[C@]12C. The zero-order chi connectivity index (χ0) is 30.4. The molecule has 0 amide bonds. The Bertz CT molecular complexity index is 1210. The molecular weight excluding hydrogens is 627 g/mol. The molecule has 4 rings (SSSR count). The van der Waals surface area contributed by atoms with Crippen LogP contribution in [0, 0.1) is 39.4 Å². The van der Waals surface area contributed by atoms with Crippen molar-refractivity contribution in [2.24, 2.45) is 39.4 Å². The van der Waals surface area contributed by atoms with Crippen LogP contribution in [-0.2, 0) is 23.9 Å². The fourth-order valence-electron chi connectivity index (χ4n) is 8.99. The topological polar surface area (TPSA) is 138 Å². The Morgan fingerprint density at radius 2 is 1.70 bits per heavy atom. The monoisotopic (exact) mass is 670 g/mol. The molecule has 0 aliphatic heterocycles. The van der Waals surface area contributed by atoms with Crippen LogP contribution in [0.4, 0.5) is 0 Å². The van der Waals surface area contributed by atoms with Gasteiger partial charge < -0.3 is 20.1 Å². The first-order chi connectivity index (χ1) is 18.1. The van der Waals surface area contributed by atoms with E-state index in [1.807, 2.05) is 34.6 Å². The van der Waals surface area contributed by atoms with E-state index in [0.717, 1.165) is 5.57 Å². The van der Waals surface area contributed by atoms with Crippen LogP contribution in [0.2, 0.25) is 0 Å². The molecule has 0 unspecified atom stereocenters. The van der Waals surface area contributed by atoms with Gasteiger partial charge in [-0.15, -0.1) is 0 Å². The van der Waals surface area contributed by atoms with Crippen molar-refractivity contribution in [2.75, 3.05) is 0 Å². The van der Waals surface area contributed by atoms with Gasteiger partial charge in [0, 0.05) is 36.5 Å². The third kappa shape index (κ3) is 4.31. The van der Waals surface area contributed by atoms with E-state index in [-0.39, 0.29) is 36.2 Å². The Kier molecular flexibility index (Phi) is 7.51. The molecule has 4 aliphatic rings. The van der Waals surface area contributed by atoms with Crippen molar-refractivity contribution in [3.63, 3.8) is 0 Å². The third-order valence-corrected chi connectivity index (χ3v) is 12.4. The number of esters is 1. The van der Waals surface area contributed by atoms with Crippen molar-refractivity contribution in [3.05, 3.63) is 23.8 Å². The minimum absolute atomic E-state index is 0.0421. The molecular formula is C31H43IO8. The van der Waals surface area contributed by atoms with Crippen molar-refractivity contribution >= 4 is 45.9 Å². The molecule has 40 heavy (non-hydrogen) atoms. The fraction of sp³-hybridized carbons (Fsp3) is 0.742. The maximum absolute atomic E-state index is 14.3. The van der Waals surface area contributed by atoms with E-state index < -0.39 is 60.7 Å². The summed E-state index contributed by atoms with van der Waals surface area (Å²) >= 11 is 1.69. The zero-order valence-electron chi connectivity index (χ0n) is 24.7. The number of hydrogen-bond acceptors (Lipinski definition) is 8. The van der Waals surface area contributed by atoms with Gasteiger partial charge in [-0.3, -0.25) is 19.2 Å². The predicted octanol–water partition coefficient (Wildman–Crippen LogP) is 3.87. The first-order valence-corrected chi connectivity index (χ1v) is 15.1. The molecule has 3 N–H and O–H groups in total. The van der Waals surface area contributed by atoms with Gasteiger partial charge in [-0.05, 0) is 84.1 Å². The molecule has 0 radical (unpaired) electrons. The lowest BCUT2D eigenvalue weighted by molar-refractivity contribution is -0.177.